The van der Waals surface area contributed by atoms with Gasteiger partial charge in [-0.3, -0.25) is 0 Å². The summed E-state index contributed by atoms with van der Waals surface area (Å²) in [5.41, 5.74) is 9.33. The lowest BCUT2D eigenvalue weighted by molar-refractivity contribution is -0.0117. The van der Waals surface area contributed by atoms with E-state index in [1.165, 1.54) is 5.56 Å². The molecule has 1 aromatic rings. The van der Waals surface area contributed by atoms with Crippen LogP contribution in [0, 0.1) is 0 Å². The van der Waals surface area contributed by atoms with E-state index in [2.05, 4.69) is 0 Å². The molecule has 0 saturated carbocycles. The van der Waals surface area contributed by atoms with Crippen LogP contribution in [0.3, 0.4) is 0 Å². The van der Waals surface area contributed by atoms with Gasteiger partial charge in [0.25, 0.3) is 5.92 Å². The first kappa shape index (κ1) is 11.9. The predicted octanol–water partition coefficient (Wildman–Crippen LogP) is 2.87. The van der Waals surface area contributed by atoms with Crippen LogP contribution in [0.25, 0.3) is 0 Å². The Morgan fingerprint density at radius 1 is 1.33 bits per heavy atom. The molecule has 2 nitrogen and oxygen atoms in total. The molecule has 4 heteroatoms. The summed E-state index contributed by atoms with van der Waals surface area (Å²) < 4.78 is 27.0. The van der Waals surface area contributed by atoms with Gasteiger partial charge in [0.15, 0.2) is 0 Å². The first-order valence-electron chi connectivity index (χ1n) is 6.57. The van der Waals surface area contributed by atoms with Crippen molar-refractivity contribution in [3.8, 4) is 0 Å². The van der Waals surface area contributed by atoms with E-state index in [-0.39, 0.29) is 19.0 Å². The molecular formula is C14H18F2N2. The molecule has 0 bridgehead atoms. The summed E-state index contributed by atoms with van der Waals surface area (Å²) in [4.78, 5) is 1.83. The summed E-state index contributed by atoms with van der Waals surface area (Å²) >= 11 is 0. The van der Waals surface area contributed by atoms with Gasteiger partial charge in [0.05, 0.1) is 6.54 Å². The number of nitrogens with zero attached hydrogens (tertiary/aromatic N) is 1. The van der Waals surface area contributed by atoms with Crippen molar-refractivity contribution in [1.82, 2.24) is 0 Å². The summed E-state index contributed by atoms with van der Waals surface area (Å²) in [6.07, 6.45) is 2.41. The monoisotopic (exact) mass is 252 g/mol. The van der Waals surface area contributed by atoms with Gasteiger partial charge in [-0.2, -0.15) is 0 Å². The summed E-state index contributed by atoms with van der Waals surface area (Å²) in [5.74, 6) is -2.55. The summed E-state index contributed by atoms with van der Waals surface area (Å²) in [5, 5.41) is 0. The van der Waals surface area contributed by atoms with Gasteiger partial charge in [-0.25, -0.2) is 8.78 Å². The number of anilines is 1. The van der Waals surface area contributed by atoms with Gasteiger partial charge in [-0.15, -0.1) is 0 Å². The number of rotatable bonds is 1. The number of benzene rings is 1. The van der Waals surface area contributed by atoms with E-state index in [9.17, 15) is 8.78 Å². The van der Waals surface area contributed by atoms with Crippen molar-refractivity contribution >= 4 is 5.69 Å². The molecule has 2 N–H and O–H groups in total. The number of piperidine rings is 1. The molecule has 1 aliphatic heterocycles. The largest absolute Gasteiger partial charge is 0.365 e. The average Bonchev–Trinajstić information content (AvgIpc) is 2.70. The zero-order chi connectivity index (χ0) is 12.8. The maximum absolute atomic E-state index is 13.5. The van der Waals surface area contributed by atoms with Crippen molar-refractivity contribution in [3.63, 3.8) is 0 Å². The topological polar surface area (TPSA) is 29.3 Å². The minimum absolute atomic E-state index is 0.0119. The predicted molar refractivity (Wildman–Crippen MR) is 68.1 cm³/mol. The van der Waals surface area contributed by atoms with E-state index in [4.69, 9.17) is 5.73 Å². The molecule has 18 heavy (non-hydrogen) atoms. The number of fused-ring (bicyclic) bond motifs is 1. The summed E-state index contributed by atoms with van der Waals surface area (Å²) in [6, 6.07) is 5.99. The highest BCUT2D eigenvalue weighted by atomic mass is 19.3. The van der Waals surface area contributed by atoms with Crippen molar-refractivity contribution in [2.75, 3.05) is 18.0 Å². The van der Waals surface area contributed by atoms with Crippen LogP contribution < -0.4 is 10.6 Å². The van der Waals surface area contributed by atoms with Crippen LogP contribution in [0.15, 0.2) is 18.2 Å². The van der Waals surface area contributed by atoms with Gasteiger partial charge in [0, 0.05) is 24.7 Å². The van der Waals surface area contributed by atoms with Crippen LogP contribution in [-0.4, -0.2) is 19.0 Å². The third-order valence-corrected chi connectivity index (χ3v) is 4.03. The molecule has 3 rings (SSSR count). The Bertz CT molecular complexity index is 459. The zero-order valence-electron chi connectivity index (χ0n) is 10.3. The molecule has 98 valence electrons. The van der Waals surface area contributed by atoms with Crippen molar-refractivity contribution in [2.24, 2.45) is 5.73 Å². The minimum Gasteiger partial charge on any atom is -0.365 e. The normalized spacial score (nSPS) is 26.2. The quantitative estimate of drug-likeness (QED) is 0.832. The van der Waals surface area contributed by atoms with Crippen LogP contribution in [0.5, 0.6) is 0 Å². The van der Waals surface area contributed by atoms with Crippen LogP contribution in [0.2, 0.25) is 0 Å². The lowest BCUT2D eigenvalue weighted by Crippen LogP contribution is -2.43. The van der Waals surface area contributed by atoms with Crippen molar-refractivity contribution < 1.29 is 8.78 Å². The van der Waals surface area contributed by atoms with Crippen LogP contribution >= 0.6 is 0 Å². The average molecular weight is 252 g/mol. The Morgan fingerprint density at radius 2 is 2.17 bits per heavy atom. The number of alkyl halides is 2. The Labute approximate surface area is 106 Å². The zero-order valence-corrected chi connectivity index (χ0v) is 10.3. The fourth-order valence-corrected chi connectivity index (χ4v) is 3.13. The molecule has 1 heterocycles. The highest BCUT2D eigenvalue weighted by Crippen LogP contribution is 2.38. The fourth-order valence-electron chi connectivity index (χ4n) is 3.13. The standard InChI is InChI=1S/C14H18F2N2/c15-14(16)7-2-8-18(9-14)13-4-1-3-10-11(13)5-6-12(10)17/h1,3-4,12H,2,5-9,17H2. The Hall–Kier alpha value is -1.16. The number of hydrogen-bond acceptors (Lipinski definition) is 2. The van der Waals surface area contributed by atoms with E-state index < -0.39 is 5.92 Å². The molecule has 1 aromatic carbocycles. The molecule has 1 aliphatic carbocycles. The molecule has 0 amide bonds. The number of hydrogen-bond donors (Lipinski definition) is 1. The maximum atomic E-state index is 13.5. The van der Waals surface area contributed by atoms with Crippen molar-refractivity contribution in [2.45, 2.75) is 37.6 Å². The van der Waals surface area contributed by atoms with Gasteiger partial charge >= 0.3 is 0 Å². The van der Waals surface area contributed by atoms with E-state index in [1.54, 1.807) is 0 Å². The van der Waals surface area contributed by atoms with Crippen molar-refractivity contribution in [1.29, 1.82) is 0 Å². The third-order valence-electron chi connectivity index (χ3n) is 4.03. The van der Waals surface area contributed by atoms with E-state index in [0.29, 0.717) is 6.42 Å². The Kier molecular flexibility index (Phi) is 2.77. The number of nitrogens with two attached hydrogens (primary N) is 1. The lowest BCUT2D eigenvalue weighted by atomic mass is 10.0. The molecule has 1 saturated heterocycles. The fraction of sp³-hybridized carbons (Fsp3) is 0.571. The van der Waals surface area contributed by atoms with Gasteiger partial charge in [0.2, 0.25) is 0 Å². The SMILES string of the molecule is NC1CCc2c1cccc2N1CCCC(F)(F)C1. The summed E-state index contributed by atoms with van der Waals surface area (Å²) in [7, 11) is 0. The van der Waals surface area contributed by atoms with E-state index >= 15 is 0 Å². The van der Waals surface area contributed by atoms with E-state index in [0.717, 1.165) is 30.6 Å². The van der Waals surface area contributed by atoms with Crippen LogP contribution in [-0.2, 0) is 6.42 Å². The Balaban J connectivity index is 1.93. The van der Waals surface area contributed by atoms with Gasteiger partial charge in [0.1, 0.15) is 0 Å². The van der Waals surface area contributed by atoms with Gasteiger partial charge in [-0.1, -0.05) is 12.1 Å². The molecule has 0 spiro atoms. The molecule has 0 radical (unpaired) electrons. The van der Waals surface area contributed by atoms with E-state index in [1.807, 2.05) is 23.1 Å². The second-order valence-corrected chi connectivity index (χ2v) is 5.37. The third kappa shape index (κ3) is 1.99. The maximum Gasteiger partial charge on any atom is 0.265 e. The second-order valence-electron chi connectivity index (χ2n) is 5.37. The Morgan fingerprint density at radius 3 is 2.94 bits per heavy atom. The van der Waals surface area contributed by atoms with Crippen LogP contribution in [0.4, 0.5) is 14.5 Å². The molecule has 0 aromatic heterocycles. The molecule has 1 unspecified atom stereocenters. The smallest absolute Gasteiger partial charge is 0.265 e. The van der Waals surface area contributed by atoms with Crippen LogP contribution in [0.1, 0.15) is 36.4 Å². The summed E-state index contributed by atoms with van der Waals surface area (Å²) in [6.45, 7) is 0.569. The second kappa shape index (κ2) is 4.19. The molecular weight excluding hydrogens is 234 g/mol. The van der Waals surface area contributed by atoms with Crippen molar-refractivity contribution in [3.05, 3.63) is 29.3 Å². The molecule has 1 fully saturated rings. The van der Waals surface area contributed by atoms with Gasteiger partial charge in [-0.05, 0) is 36.5 Å². The number of halogens is 2. The minimum atomic E-state index is -2.55. The highest BCUT2D eigenvalue weighted by molar-refractivity contribution is 5.59. The highest BCUT2D eigenvalue weighted by Gasteiger charge is 2.36. The first-order chi connectivity index (χ1) is 8.57. The van der Waals surface area contributed by atoms with Gasteiger partial charge < -0.3 is 10.6 Å². The first-order valence-corrected chi connectivity index (χ1v) is 6.57. The molecule has 2 aliphatic rings. The molecule has 1 atom stereocenters. The lowest BCUT2D eigenvalue weighted by Gasteiger charge is -2.35.